The van der Waals surface area contributed by atoms with E-state index in [0.717, 1.165) is 22.9 Å². The number of hydrogen-bond acceptors (Lipinski definition) is 3. The van der Waals surface area contributed by atoms with Gasteiger partial charge < -0.3 is 14.8 Å². The Morgan fingerprint density at radius 3 is 2.38 bits per heavy atom. The maximum Gasteiger partial charge on any atom is 0.419 e. The molecule has 1 aromatic heterocycles. The van der Waals surface area contributed by atoms with Crippen LogP contribution in [0.15, 0.2) is 30.6 Å². The van der Waals surface area contributed by atoms with Crippen LogP contribution in [0.1, 0.15) is 21.5 Å². The molecule has 0 unspecified atom stereocenters. The number of aromatic carboxylic acids is 1. The number of nitrogens with zero attached hydrogens (tertiary/aromatic N) is 2. The fourth-order valence-corrected chi connectivity index (χ4v) is 1.78. The van der Waals surface area contributed by atoms with E-state index in [9.17, 15) is 23.1 Å². The fourth-order valence-electron chi connectivity index (χ4n) is 1.78. The monoisotopic (exact) mass is 296 g/mol. The Labute approximate surface area is 116 Å². The largest absolute Gasteiger partial charge is 0.507 e. The molecule has 0 fully saturated rings. The molecule has 0 amide bonds. The van der Waals surface area contributed by atoms with Crippen LogP contribution in [0.3, 0.4) is 0 Å². The van der Waals surface area contributed by atoms with E-state index in [2.05, 4.69) is 0 Å². The second-order valence-corrected chi connectivity index (χ2v) is 4.11. The van der Waals surface area contributed by atoms with Crippen LogP contribution in [0, 0.1) is 11.3 Å². The zero-order chi connectivity index (χ0) is 15.8. The molecule has 21 heavy (non-hydrogen) atoms. The van der Waals surface area contributed by atoms with Gasteiger partial charge in [-0.25, -0.2) is 4.79 Å². The van der Waals surface area contributed by atoms with Gasteiger partial charge in [-0.05, 0) is 12.1 Å². The van der Waals surface area contributed by atoms with Gasteiger partial charge in [0, 0.05) is 24.1 Å². The number of rotatable bonds is 2. The maximum atomic E-state index is 12.7. The van der Waals surface area contributed by atoms with Crippen molar-refractivity contribution in [3.63, 3.8) is 0 Å². The van der Waals surface area contributed by atoms with Crippen LogP contribution < -0.4 is 0 Å². The molecule has 0 bridgehead atoms. The minimum Gasteiger partial charge on any atom is -0.507 e. The van der Waals surface area contributed by atoms with E-state index in [1.54, 1.807) is 0 Å². The number of aromatic hydroxyl groups is 1. The molecule has 0 aliphatic rings. The number of benzene rings is 1. The van der Waals surface area contributed by atoms with Gasteiger partial charge in [0.15, 0.2) is 0 Å². The average Bonchev–Trinajstić information content (AvgIpc) is 2.82. The lowest BCUT2D eigenvalue weighted by Gasteiger charge is -2.06. The van der Waals surface area contributed by atoms with Crippen molar-refractivity contribution in [2.45, 2.75) is 6.18 Å². The first-order valence-electron chi connectivity index (χ1n) is 5.50. The normalized spacial score (nSPS) is 11.1. The third kappa shape index (κ3) is 2.67. The molecule has 8 heteroatoms. The summed E-state index contributed by atoms with van der Waals surface area (Å²) in [5, 5.41) is 27.0. The van der Waals surface area contributed by atoms with Gasteiger partial charge in [-0.3, -0.25) is 0 Å². The Balaban J connectivity index is 2.54. The van der Waals surface area contributed by atoms with Gasteiger partial charge in [0.25, 0.3) is 0 Å². The van der Waals surface area contributed by atoms with Crippen molar-refractivity contribution in [1.29, 1.82) is 5.26 Å². The summed E-state index contributed by atoms with van der Waals surface area (Å²) in [5.41, 5.74) is -1.94. The standard InChI is InChI=1S/C13H7F3N2O3/c14-13(15,16)10-6-18(5-7(10)4-17)8-1-2-9(12(20)21)11(19)3-8/h1-3,5-6,19H,(H,20,21). The van der Waals surface area contributed by atoms with E-state index in [-0.39, 0.29) is 11.3 Å². The van der Waals surface area contributed by atoms with Gasteiger partial charge in [-0.2, -0.15) is 18.4 Å². The second kappa shape index (κ2) is 4.86. The summed E-state index contributed by atoms with van der Waals surface area (Å²) < 4.78 is 39.2. The van der Waals surface area contributed by atoms with Gasteiger partial charge in [-0.15, -0.1) is 0 Å². The van der Waals surface area contributed by atoms with Crippen LogP contribution in [-0.4, -0.2) is 20.7 Å². The summed E-state index contributed by atoms with van der Waals surface area (Å²) >= 11 is 0. The highest BCUT2D eigenvalue weighted by molar-refractivity contribution is 5.91. The minimum atomic E-state index is -4.68. The third-order valence-corrected chi connectivity index (χ3v) is 2.76. The Hall–Kier alpha value is -2.95. The molecular weight excluding hydrogens is 289 g/mol. The van der Waals surface area contributed by atoms with Crippen molar-refractivity contribution in [1.82, 2.24) is 4.57 Å². The van der Waals surface area contributed by atoms with E-state index >= 15 is 0 Å². The molecule has 0 saturated carbocycles. The third-order valence-electron chi connectivity index (χ3n) is 2.76. The van der Waals surface area contributed by atoms with Gasteiger partial charge in [0.2, 0.25) is 0 Å². The molecule has 0 spiro atoms. The van der Waals surface area contributed by atoms with Crippen LogP contribution >= 0.6 is 0 Å². The summed E-state index contributed by atoms with van der Waals surface area (Å²) in [6.45, 7) is 0. The molecule has 2 rings (SSSR count). The lowest BCUT2D eigenvalue weighted by molar-refractivity contribution is -0.137. The molecule has 0 aliphatic heterocycles. The van der Waals surface area contributed by atoms with Gasteiger partial charge in [0.1, 0.15) is 17.4 Å². The molecule has 1 aromatic carbocycles. The van der Waals surface area contributed by atoms with Crippen LogP contribution in [-0.2, 0) is 6.18 Å². The lowest BCUT2D eigenvalue weighted by Crippen LogP contribution is -2.05. The number of phenols is 1. The van der Waals surface area contributed by atoms with E-state index in [0.29, 0.717) is 6.20 Å². The number of alkyl halides is 3. The maximum absolute atomic E-state index is 12.7. The number of nitriles is 1. The van der Waals surface area contributed by atoms with Gasteiger partial charge >= 0.3 is 12.1 Å². The number of aromatic nitrogens is 1. The Bertz CT molecular complexity index is 757. The summed E-state index contributed by atoms with van der Waals surface area (Å²) in [5.74, 6) is -1.94. The molecule has 2 N–H and O–H groups in total. The lowest BCUT2D eigenvalue weighted by atomic mass is 10.2. The Morgan fingerprint density at radius 2 is 1.95 bits per heavy atom. The first-order chi connectivity index (χ1) is 9.74. The molecule has 5 nitrogen and oxygen atoms in total. The average molecular weight is 296 g/mol. The first-order valence-corrected chi connectivity index (χ1v) is 5.50. The van der Waals surface area contributed by atoms with E-state index < -0.39 is 29.0 Å². The van der Waals surface area contributed by atoms with Crippen molar-refractivity contribution in [2.75, 3.05) is 0 Å². The van der Waals surface area contributed by atoms with Crippen molar-refractivity contribution in [3.8, 4) is 17.5 Å². The van der Waals surface area contributed by atoms with E-state index in [1.807, 2.05) is 0 Å². The van der Waals surface area contributed by atoms with Crippen molar-refractivity contribution >= 4 is 5.97 Å². The second-order valence-electron chi connectivity index (χ2n) is 4.11. The molecular formula is C13H7F3N2O3. The highest BCUT2D eigenvalue weighted by Gasteiger charge is 2.35. The Morgan fingerprint density at radius 1 is 1.29 bits per heavy atom. The van der Waals surface area contributed by atoms with Crippen molar-refractivity contribution in [3.05, 3.63) is 47.3 Å². The minimum absolute atomic E-state index is 0.101. The zero-order valence-electron chi connectivity index (χ0n) is 10.2. The molecule has 108 valence electrons. The molecule has 0 atom stereocenters. The number of halogens is 3. The van der Waals surface area contributed by atoms with Crippen LogP contribution in [0.5, 0.6) is 5.75 Å². The number of carboxylic acids is 1. The van der Waals surface area contributed by atoms with Crippen molar-refractivity contribution in [2.24, 2.45) is 0 Å². The first kappa shape index (κ1) is 14.5. The number of carbonyl (C=O) groups is 1. The summed E-state index contributed by atoms with van der Waals surface area (Å²) in [6, 6.07) is 4.73. The van der Waals surface area contributed by atoms with E-state index in [4.69, 9.17) is 10.4 Å². The van der Waals surface area contributed by atoms with Gasteiger partial charge in [-0.1, -0.05) is 0 Å². The Kier molecular flexibility index (Phi) is 3.35. The molecule has 0 saturated heterocycles. The zero-order valence-corrected chi connectivity index (χ0v) is 10.2. The fraction of sp³-hybridized carbons (Fsp3) is 0.0769. The molecule has 0 aliphatic carbocycles. The molecule has 1 heterocycles. The highest BCUT2D eigenvalue weighted by Crippen LogP contribution is 2.33. The summed E-state index contributed by atoms with van der Waals surface area (Å²) in [7, 11) is 0. The SMILES string of the molecule is N#Cc1cn(-c2ccc(C(=O)O)c(O)c2)cc1C(F)(F)F. The summed E-state index contributed by atoms with van der Waals surface area (Å²) in [4.78, 5) is 10.7. The van der Waals surface area contributed by atoms with Crippen LogP contribution in [0.4, 0.5) is 13.2 Å². The molecule has 2 aromatic rings. The number of carboxylic acid groups (broad SMARTS) is 1. The molecule has 0 radical (unpaired) electrons. The predicted octanol–water partition coefficient (Wildman–Crippen LogP) is 2.77. The van der Waals surface area contributed by atoms with Crippen molar-refractivity contribution < 1.29 is 28.2 Å². The predicted molar refractivity (Wildman–Crippen MR) is 64.1 cm³/mol. The van der Waals surface area contributed by atoms with Gasteiger partial charge in [0.05, 0.1) is 11.1 Å². The highest BCUT2D eigenvalue weighted by atomic mass is 19.4. The number of hydrogen-bond donors (Lipinski definition) is 2. The quantitative estimate of drug-likeness (QED) is 0.892. The van der Waals surface area contributed by atoms with E-state index in [1.165, 1.54) is 12.1 Å². The topological polar surface area (TPSA) is 86.2 Å². The van der Waals surface area contributed by atoms with Crippen LogP contribution in [0.25, 0.3) is 5.69 Å². The van der Waals surface area contributed by atoms with Crippen LogP contribution in [0.2, 0.25) is 0 Å². The summed E-state index contributed by atoms with van der Waals surface area (Å²) in [6.07, 6.45) is -3.02. The smallest absolute Gasteiger partial charge is 0.419 e.